The Bertz CT molecular complexity index is 929. The molecule has 0 atom stereocenters. The second kappa shape index (κ2) is 8.39. The van der Waals surface area contributed by atoms with Crippen molar-refractivity contribution in [3.63, 3.8) is 0 Å². The van der Waals surface area contributed by atoms with Crippen LogP contribution in [0.15, 0.2) is 45.8 Å². The van der Waals surface area contributed by atoms with E-state index < -0.39 is 10.0 Å². The summed E-state index contributed by atoms with van der Waals surface area (Å²) in [5, 5.41) is 0.723. The zero-order chi connectivity index (χ0) is 19.6. The molecule has 1 aliphatic rings. The van der Waals surface area contributed by atoms with Gasteiger partial charge in [0.15, 0.2) is 0 Å². The van der Waals surface area contributed by atoms with Crippen LogP contribution < -0.4 is 9.64 Å². The first-order chi connectivity index (χ1) is 12.8. The molecule has 2 aromatic carbocycles. The Morgan fingerprint density at radius 1 is 1.15 bits per heavy atom. The maximum atomic E-state index is 13.0. The standard InChI is InChI=1S/C19H22BrClN2O3S/c1-3-26-19-13-15(7-8-16(19)20)27(24,25)23-11-9-22(10-12-23)18-6-4-5-17(21)14(18)2/h4-8,13H,3,9-12H2,1-2H3. The molecule has 0 aromatic heterocycles. The van der Waals surface area contributed by atoms with Crippen LogP contribution in [0.25, 0.3) is 0 Å². The highest BCUT2D eigenvalue weighted by molar-refractivity contribution is 9.10. The Labute approximate surface area is 174 Å². The molecular weight excluding hydrogens is 452 g/mol. The minimum atomic E-state index is -3.56. The van der Waals surface area contributed by atoms with Crippen LogP contribution in [-0.2, 0) is 10.0 Å². The summed E-state index contributed by atoms with van der Waals surface area (Å²) in [4.78, 5) is 2.43. The smallest absolute Gasteiger partial charge is 0.243 e. The predicted molar refractivity (Wildman–Crippen MR) is 112 cm³/mol. The third kappa shape index (κ3) is 4.26. The van der Waals surface area contributed by atoms with Crippen LogP contribution >= 0.6 is 27.5 Å². The molecule has 1 aliphatic heterocycles. The number of hydrogen-bond acceptors (Lipinski definition) is 4. The summed E-state index contributed by atoms with van der Waals surface area (Å²) in [6, 6.07) is 10.7. The number of nitrogens with zero attached hydrogens (tertiary/aromatic N) is 2. The van der Waals surface area contributed by atoms with Gasteiger partial charge in [-0.05, 0) is 59.6 Å². The Balaban J connectivity index is 1.77. The fourth-order valence-corrected chi connectivity index (χ4v) is 5.14. The molecular formula is C19H22BrClN2O3S. The van der Waals surface area contributed by atoms with Gasteiger partial charge in [0.2, 0.25) is 10.0 Å². The summed E-state index contributed by atoms with van der Waals surface area (Å²) in [6.45, 7) is 6.41. The van der Waals surface area contributed by atoms with E-state index in [1.165, 1.54) is 4.31 Å². The van der Waals surface area contributed by atoms with E-state index in [0.29, 0.717) is 38.5 Å². The van der Waals surface area contributed by atoms with E-state index in [4.69, 9.17) is 16.3 Å². The van der Waals surface area contributed by atoms with Crippen molar-refractivity contribution >= 4 is 43.2 Å². The van der Waals surface area contributed by atoms with Gasteiger partial charge in [-0.25, -0.2) is 8.42 Å². The SMILES string of the molecule is CCOc1cc(S(=O)(=O)N2CCN(c3cccc(Cl)c3C)CC2)ccc1Br. The number of halogens is 2. The molecule has 0 saturated carbocycles. The summed E-state index contributed by atoms with van der Waals surface area (Å²) in [5.74, 6) is 0.534. The average molecular weight is 474 g/mol. The van der Waals surface area contributed by atoms with Crippen molar-refractivity contribution in [2.75, 3.05) is 37.7 Å². The van der Waals surface area contributed by atoms with Crippen molar-refractivity contribution in [3.8, 4) is 5.75 Å². The Morgan fingerprint density at radius 3 is 2.52 bits per heavy atom. The first-order valence-corrected chi connectivity index (χ1v) is 11.4. The number of rotatable bonds is 5. The molecule has 0 unspecified atom stereocenters. The van der Waals surface area contributed by atoms with Crippen molar-refractivity contribution < 1.29 is 13.2 Å². The molecule has 0 spiro atoms. The zero-order valence-electron chi connectivity index (χ0n) is 15.3. The lowest BCUT2D eigenvalue weighted by Crippen LogP contribution is -2.48. The number of benzene rings is 2. The molecule has 2 aromatic rings. The van der Waals surface area contributed by atoms with E-state index in [-0.39, 0.29) is 4.90 Å². The molecule has 1 saturated heterocycles. The highest BCUT2D eigenvalue weighted by atomic mass is 79.9. The molecule has 8 heteroatoms. The summed E-state index contributed by atoms with van der Waals surface area (Å²) in [6.07, 6.45) is 0. The van der Waals surface area contributed by atoms with Gasteiger partial charge < -0.3 is 9.64 Å². The van der Waals surface area contributed by atoms with E-state index in [1.54, 1.807) is 18.2 Å². The van der Waals surface area contributed by atoms with Crippen LogP contribution in [0, 0.1) is 6.92 Å². The molecule has 0 radical (unpaired) electrons. The van der Waals surface area contributed by atoms with Crippen LogP contribution in [0.4, 0.5) is 5.69 Å². The molecule has 1 heterocycles. The molecule has 27 heavy (non-hydrogen) atoms. The van der Waals surface area contributed by atoms with Crippen LogP contribution in [0.5, 0.6) is 5.75 Å². The molecule has 0 N–H and O–H groups in total. The van der Waals surface area contributed by atoms with Gasteiger partial charge in [0.25, 0.3) is 0 Å². The van der Waals surface area contributed by atoms with Crippen molar-refractivity contribution in [2.45, 2.75) is 18.7 Å². The second-order valence-corrected chi connectivity index (χ2v) is 9.50. The lowest BCUT2D eigenvalue weighted by Gasteiger charge is -2.36. The molecule has 0 bridgehead atoms. The molecule has 0 amide bonds. The number of sulfonamides is 1. The highest BCUT2D eigenvalue weighted by Crippen LogP contribution is 2.31. The normalized spacial score (nSPS) is 15.8. The summed E-state index contributed by atoms with van der Waals surface area (Å²) < 4.78 is 33.8. The maximum Gasteiger partial charge on any atom is 0.243 e. The molecule has 5 nitrogen and oxygen atoms in total. The molecule has 3 rings (SSSR count). The van der Waals surface area contributed by atoms with Gasteiger partial charge in [-0.2, -0.15) is 4.31 Å². The first kappa shape index (κ1) is 20.5. The highest BCUT2D eigenvalue weighted by Gasteiger charge is 2.29. The van der Waals surface area contributed by atoms with Crippen molar-refractivity contribution in [1.29, 1.82) is 0 Å². The van der Waals surface area contributed by atoms with Gasteiger partial charge in [0.1, 0.15) is 5.75 Å². The Kier molecular flexibility index (Phi) is 6.35. The van der Waals surface area contributed by atoms with Crippen LogP contribution in [0.3, 0.4) is 0 Å². The fraction of sp³-hybridized carbons (Fsp3) is 0.368. The minimum absolute atomic E-state index is 0.251. The van der Waals surface area contributed by atoms with E-state index in [2.05, 4.69) is 20.8 Å². The van der Waals surface area contributed by atoms with E-state index in [1.807, 2.05) is 32.0 Å². The van der Waals surface area contributed by atoms with Crippen molar-refractivity contribution in [3.05, 3.63) is 51.5 Å². The van der Waals surface area contributed by atoms with Gasteiger partial charge in [0.05, 0.1) is 16.0 Å². The second-order valence-electron chi connectivity index (χ2n) is 6.30. The summed E-state index contributed by atoms with van der Waals surface area (Å²) in [5.41, 5.74) is 2.08. The van der Waals surface area contributed by atoms with E-state index in [9.17, 15) is 8.42 Å². The number of ether oxygens (including phenoxy) is 1. The van der Waals surface area contributed by atoms with Gasteiger partial charge in [-0.3, -0.25) is 0 Å². The summed E-state index contributed by atoms with van der Waals surface area (Å²) in [7, 11) is -3.56. The maximum absolute atomic E-state index is 13.0. The third-order valence-corrected chi connectivity index (χ3v) is 7.62. The largest absolute Gasteiger partial charge is 0.493 e. The Hall–Kier alpha value is -1.28. The summed E-state index contributed by atoms with van der Waals surface area (Å²) >= 11 is 9.61. The minimum Gasteiger partial charge on any atom is -0.493 e. The molecule has 0 aliphatic carbocycles. The Morgan fingerprint density at radius 2 is 1.85 bits per heavy atom. The van der Waals surface area contributed by atoms with Crippen molar-refractivity contribution in [2.24, 2.45) is 0 Å². The molecule has 146 valence electrons. The lowest BCUT2D eigenvalue weighted by molar-refractivity contribution is 0.336. The predicted octanol–water partition coefficient (Wildman–Crippen LogP) is 4.32. The van der Waals surface area contributed by atoms with Crippen LogP contribution in [0.1, 0.15) is 12.5 Å². The lowest BCUT2D eigenvalue weighted by atomic mass is 10.1. The average Bonchev–Trinajstić information content (AvgIpc) is 2.66. The zero-order valence-corrected chi connectivity index (χ0v) is 18.4. The monoisotopic (exact) mass is 472 g/mol. The van der Waals surface area contributed by atoms with Gasteiger partial charge in [0, 0.05) is 43.0 Å². The quantitative estimate of drug-likeness (QED) is 0.649. The van der Waals surface area contributed by atoms with Gasteiger partial charge in [-0.1, -0.05) is 17.7 Å². The number of piperazine rings is 1. The van der Waals surface area contributed by atoms with Crippen molar-refractivity contribution in [1.82, 2.24) is 4.31 Å². The number of hydrogen-bond donors (Lipinski definition) is 0. The van der Waals surface area contributed by atoms with Gasteiger partial charge >= 0.3 is 0 Å². The van der Waals surface area contributed by atoms with E-state index in [0.717, 1.165) is 20.7 Å². The third-order valence-electron chi connectivity index (χ3n) is 4.66. The van der Waals surface area contributed by atoms with Crippen LogP contribution in [0.2, 0.25) is 5.02 Å². The van der Waals surface area contributed by atoms with Crippen LogP contribution in [-0.4, -0.2) is 45.5 Å². The first-order valence-electron chi connectivity index (χ1n) is 8.77. The number of anilines is 1. The van der Waals surface area contributed by atoms with Gasteiger partial charge in [-0.15, -0.1) is 0 Å². The fourth-order valence-electron chi connectivity index (χ4n) is 3.17. The van der Waals surface area contributed by atoms with E-state index >= 15 is 0 Å². The topological polar surface area (TPSA) is 49.9 Å². The molecule has 1 fully saturated rings.